The number of halogens is 6. The molecule has 0 aliphatic heterocycles. The molecule has 22 heavy (non-hydrogen) atoms. The van der Waals surface area contributed by atoms with E-state index in [0.29, 0.717) is 6.07 Å². The number of carbonyl (C=O) groups is 1. The normalized spacial score (nSPS) is 12.5. The third-order valence-corrected chi connectivity index (χ3v) is 2.91. The summed E-state index contributed by atoms with van der Waals surface area (Å²) >= 11 is 0. The second-order valence-corrected chi connectivity index (χ2v) is 4.48. The van der Waals surface area contributed by atoms with Crippen LogP contribution in [0.4, 0.5) is 26.3 Å². The molecule has 0 N–H and O–H groups in total. The van der Waals surface area contributed by atoms with Crippen LogP contribution < -0.4 is 0 Å². The smallest absolute Gasteiger partial charge is 0.417 e. The van der Waals surface area contributed by atoms with Gasteiger partial charge in [-0.2, -0.15) is 26.3 Å². The second-order valence-electron chi connectivity index (χ2n) is 4.48. The van der Waals surface area contributed by atoms with Gasteiger partial charge < -0.3 is 4.42 Å². The molecule has 0 saturated heterocycles. The zero-order chi connectivity index (χ0) is 16.7. The Balaban J connectivity index is 2.88. The van der Waals surface area contributed by atoms with E-state index in [9.17, 15) is 31.1 Å². The molecular weight excluding hydrogens is 314 g/mol. The van der Waals surface area contributed by atoms with E-state index in [4.69, 9.17) is 4.42 Å². The van der Waals surface area contributed by atoms with E-state index in [-0.39, 0.29) is 11.8 Å². The largest absolute Gasteiger partial charge is 0.464 e. The predicted octanol–water partition coefficient (Wildman–Crippen LogP) is 5.19. The summed E-state index contributed by atoms with van der Waals surface area (Å²) in [6.45, 7) is 0.851. The van der Waals surface area contributed by atoms with E-state index >= 15 is 0 Å². The Morgan fingerprint density at radius 1 is 1.05 bits per heavy atom. The Morgan fingerprint density at radius 2 is 1.68 bits per heavy atom. The second kappa shape index (κ2) is 5.19. The van der Waals surface area contributed by atoms with Crippen LogP contribution in [0, 0.1) is 0 Å². The highest BCUT2D eigenvalue weighted by Crippen LogP contribution is 2.42. The topological polar surface area (TPSA) is 30.2 Å². The maximum absolute atomic E-state index is 13.0. The van der Waals surface area contributed by atoms with Crippen molar-refractivity contribution in [3.63, 3.8) is 0 Å². The molecule has 0 spiro atoms. The average molecular weight is 322 g/mol. The van der Waals surface area contributed by atoms with Crippen LogP contribution in [0.2, 0.25) is 0 Å². The lowest BCUT2D eigenvalue weighted by Crippen LogP contribution is -2.16. The van der Waals surface area contributed by atoms with Gasteiger partial charge in [0.15, 0.2) is 5.78 Å². The zero-order valence-electron chi connectivity index (χ0n) is 11.0. The van der Waals surface area contributed by atoms with Gasteiger partial charge >= 0.3 is 12.4 Å². The first-order valence-corrected chi connectivity index (χ1v) is 5.89. The Labute approximate surface area is 120 Å². The van der Waals surface area contributed by atoms with Crippen molar-refractivity contribution >= 4 is 5.78 Å². The van der Waals surface area contributed by atoms with Gasteiger partial charge in [0.05, 0.1) is 17.4 Å². The SMILES string of the molecule is CC(=O)c1c(-c2ccco2)cc(C(F)(F)F)cc1C(F)(F)F. The molecule has 0 atom stereocenters. The maximum atomic E-state index is 13.0. The van der Waals surface area contributed by atoms with Crippen LogP contribution in [0.15, 0.2) is 34.9 Å². The summed E-state index contributed by atoms with van der Waals surface area (Å²) in [4.78, 5) is 11.6. The van der Waals surface area contributed by atoms with Crippen LogP contribution in [-0.4, -0.2) is 5.78 Å². The minimum Gasteiger partial charge on any atom is -0.464 e. The highest BCUT2D eigenvalue weighted by Gasteiger charge is 2.40. The molecule has 2 aromatic rings. The molecule has 0 saturated carbocycles. The lowest BCUT2D eigenvalue weighted by molar-refractivity contribution is -0.143. The van der Waals surface area contributed by atoms with Gasteiger partial charge in [0.1, 0.15) is 5.76 Å². The Morgan fingerprint density at radius 3 is 2.09 bits per heavy atom. The summed E-state index contributed by atoms with van der Waals surface area (Å²) < 4.78 is 82.5. The van der Waals surface area contributed by atoms with Crippen molar-refractivity contribution in [1.82, 2.24) is 0 Å². The molecule has 0 unspecified atom stereocenters. The number of alkyl halides is 6. The van der Waals surface area contributed by atoms with Crippen molar-refractivity contribution in [2.45, 2.75) is 19.3 Å². The molecule has 1 aromatic carbocycles. The van der Waals surface area contributed by atoms with Crippen LogP contribution >= 0.6 is 0 Å². The molecule has 8 heteroatoms. The van der Waals surface area contributed by atoms with Crippen molar-refractivity contribution in [3.05, 3.63) is 47.2 Å². The van der Waals surface area contributed by atoms with Gasteiger partial charge in [0, 0.05) is 11.1 Å². The van der Waals surface area contributed by atoms with E-state index in [2.05, 4.69) is 0 Å². The molecular formula is C14H8F6O2. The van der Waals surface area contributed by atoms with Crippen molar-refractivity contribution in [3.8, 4) is 11.3 Å². The monoisotopic (exact) mass is 322 g/mol. The zero-order valence-corrected chi connectivity index (χ0v) is 11.0. The lowest BCUT2D eigenvalue weighted by Gasteiger charge is -2.17. The number of rotatable bonds is 2. The van der Waals surface area contributed by atoms with Gasteiger partial charge in [-0.1, -0.05) is 0 Å². The van der Waals surface area contributed by atoms with Crippen LogP contribution in [-0.2, 0) is 12.4 Å². The highest BCUT2D eigenvalue weighted by atomic mass is 19.4. The molecule has 0 bridgehead atoms. The van der Waals surface area contributed by atoms with Crippen molar-refractivity contribution in [2.75, 3.05) is 0 Å². The molecule has 0 fully saturated rings. The van der Waals surface area contributed by atoms with Gasteiger partial charge in [-0.3, -0.25) is 4.79 Å². The fourth-order valence-corrected chi connectivity index (χ4v) is 2.03. The Bertz CT molecular complexity index is 695. The quantitative estimate of drug-likeness (QED) is 0.563. The molecule has 0 amide bonds. The summed E-state index contributed by atoms with van der Waals surface area (Å²) in [5.41, 5.74) is -4.53. The summed E-state index contributed by atoms with van der Waals surface area (Å²) in [5.74, 6) is -1.26. The maximum Gasteiger partial charge on any atom is 0.417 e. The third kappa shape index (κ3) is 3.00. The number of Topliss-reactive ketones (excluding diaryl/α,β-unsaturated/α-hetero) is 1. The standard InChI is InChI=1S/C14H8F6O2/c1-7(21)12-9(11-3-2-4-22-11)5-8(13(15,16)17)6-10(12)14(18,19)20/h2-6H,1H3. The van der Waals surface area contributed by atoms with Gasteiger partial charge in [-0.15, -0.1) is 0 Å². The summed E-state index contributed by atoms with van der Waals surface area (Å²) in [5, 5.41) is 0. The molecule has 0 radical (unpaired) electrons. The molecule has 0 aliphatic carbocycles. The fourth-order valence-electron chi connectivity index (χ4n) is 2.03. The molecule has 1 heterocycles. The number of hydrogen-bond acceptors (Lipinski definition) is 2. The Kier molecular flexibility index (Phi) is 3.80. The summed E-state index contributed by atoms with van der Waals surface area (Å²) in [6, 6.07) is 2.89. The fraction of sp³-hybridized carbons (Fsp3) is 0.214. The van der Waals surface area contributed by atoms with E-state index in [1.54, 1.807) is 0 Å². The average Bonchev–Trinajstić information content (AvgIpc) is 2.88. The van der Waals surface area contributed by atoms with Crippen molar-refractivity contribution in [2.24, 2.45) is 0 Å². The summed E-state index contributed by atoms with van der Waals surface area (Å²) in [7, 11) is 0. The predicted molar refractivity (Wildman–Crippen MR) is 64.2 cm³/mol. The molecule has 118 valence electrons. The molecule has 1 aromatic heterocycles. The van der Waals surface area contributed by atoms with Crippen molar-refractivity contribution in [1.29, 1.82) is 0 Å². The number of benzene rings is 1. The first kappa shape index (κ1) is 16.1. The minimum atomic E-state index is -5.11. The number of carbonyl (C=O) groups excluding carboxylic acids is 1. The van der Waals surface area contributed by atoms with E-state index < -0.39 is 40.4 Å². The van der Waals surface area contributed by atoms with Crippen molar-refractivity contribution < 1.29 is 35.6 Å². The van der Waals surface area contributed by atoms with Gasteiger partial charge in [0.25, 0.3) is 0 Å². The third-order valence-electron chi connectivity index (χ3n) is 2.91. The van der Waals surface area contributed by atoms with Crippen LogP contribution in [0.25, 0.3) is 11.3 Å². The first-order valence-electron chi connectivity index (χ1n) is 5.89. The van der Waals surface area contributed by atoms with E-state index in [1.807, 2.05) is 0 Å². The molecule has 2 rings (SSSR count). The number of ketones is 1. The summed E-state index contributed by atoms with van der Waals surface area (Å²) in [6.07, 6.45) is -9.01. The van der Waals surface area contributed by atoms with E-state index in [1.165, 1.54) is 12.1 Å². The minimum absolute atomic E-state index is 0.0663. The van der Waals surface area contributed by atoms with Crippen LogP contribution in [0.1, 0.15) is 28.4 Å². The lowest BCUT2D eigenvalue weighted by atomic mass is 9.93. The highest BCUT2D eigenvalue weighted by molar-refractivity contribution is 6.02. The van der Waals surface area contributed by atoms with Crippen LogP contribution in [0.5, 0.6) is 0 Å². The first-order chi connectivity index (χ1) is 10.0. The van der Waals surface area contributed by atoms with Gasteiger partial charge in [-0.25, -0.2) is 0 Å². The number of hydrogen-bond donors (Lipinski definition) is 0. The van der Waals surface area contributed by atoms with Crippen LogP contribution in [0.3, 0.4) is 0 Å². The molecule has 0 aliphatic rings. The molecule has 2 nitrogen and oxygen atoms in total. The Hall–Kier alpha value is -2.25. The number of furan rings is 1. The van der Waals surface area contributed by atoms with E-state index in [0.717, 1.165) is 13.2 Å². The van der Waals surface area contributed by atoms with Gasteiger partial charge in [0.2, 0.25) is 0 Å². The van der Waals surface area contributed by atoms with Gasteiger partial charge in [-0.05, 0) is 31.2 Å².